The number of nitrogens with one attached hydrogen (secondary N) is 2. The van der Waals surface area contributed by atoms with Gasteiger partial charge in [0.1, 0.15) is 5.54 Å². The number of carbonyl (C=O) groups is 2. The van der Waals surface area contributed by atoms with Gasteiger partial charge in [0.15, 0.2) is 17.5 Å². The highest BCUT2D eigenvalue weighted by Gasteiger charge is 2.68. The molecule has 2 heterocycles. The van der Waals surface area contributed by atoms with Crippen LogP contribution in [0, 0.1) is 23.2 Å². The summed E-state index contributed by atoms with van der Waals surface area (Å²) in [6, 6.07) is 4.28. The molecule has 12 heteroatoms. The summed E-state index contributed by atoms with van der Waals surface area (Å²) < 4.78 is 29.6. The summed E-state index contributed by atoms with van der Waals surface area (Å²) in [6.45, 7) is 6.78. The maximum atomic E-state index is 14.1. The van der Waals surface area contributed by atoms with Crippen molar-refractivity contribution in [3.63, 3.8) is 0 Å². The summed E-state index contributed by atoms with van der Waals surface area (Å²) in [5.74, 6) is -1.24. The smallest absolute Gasteiger partial charge is 0.336 e. The van der Waals surface area contributed by atoms with Crippen LogP contribution in [0.15, 0.2) is 23.0 Å². The monoisotopic (exact) mass is 537 g/mol. The van der Waals surface area contributed by atoms with Crippen LogP contribution < -0.4 is 15.3 Å². The SMILES string of the molecule is CC(C)(C)CCN1C(=O)C(C2=N[P+](O)(O)c3cc(NS(C)(=O)=O)ccc3N2)C(=O)C12CC1CCC2C1. The Kier molecular flexibility index (Phi) is 5.84. The van der Waals surface area contributed by atoms with Crippen LogP contribution in [0.2, 0.25) is 0 Å². The number of carbonyl (C=O) groups excluding carboxylic acids is 2. The van der Waals surface area contributed by atoms with E-state index in [1.165, 1.54) is 18.2 Å². The predicted molar refractivity (Wildman–Crippen MR) is 139 cm³/mol. The van der Waals surface area contributed by atoms with Gasteiger partial charge in [-0.3, -0.25) is 14.3 Å². The average Bonchev–Trinajstić information content (AvgIpc) is 3.39. The maximum absolute atomic E-state index is 14.1. The molecule has 1 amide bonds. The fraction of sp³-hybridized carbons (Fsp3) is 0.625. The minimum absolute atomic E-state index is 0.0195. The molecule has 1 aromatic rings. The van der Waals surface area contributed by atoms with E-state index in [0.29, 0.717) is 18.9 Å². The van der Waals surface area contributed by atoms with Crippen LogP contribution in [-0.4, -0.2) is 59.0 Å². The number of sulfonamides is 1. The van der Waals surface area contributed by atoms with Crippen molar-refractivity contribution in [2.75, 3.05) is 22.8 Å². The first-order valence-electron chi connectivity index (χ1n) is 12.3. The number of hydrogen-bond acceptors (Lipinski definition) is 8. The summed E-state index contributed by atoms with van der Waals surface area (Å²) in [6.07, 6.45) is 5.32. The zero-order valence-electron chi connectivity index (χ0n) is 21.0. The van der Waals surface area contributed by atoms with Gasteiger partial charge in [0, 0.05) is 12.6 Å². The largest absolute Gasteiger partial charge is 0.429 e. The molecule has 4 atom stereocenters. The minimum Gasteiger partial charge on any atom is -0.336 e. The standard InChI is InChI=1S/C24H34N4O6PS/c1-23(2,3)9-10-28-22(30)19(20(29)24(28)13-14-5-6-15(24)11-14)21-25-17-8-7-16(27-36(4,33)34)12-18(17)35(31,32)26-21/h7-8,12,14-15,19,27,31-32H,5-6,9-11,13H2,1-4H3,(H,25,26)/q+1. The van der Waals surface area contributed by atoms with E-state index in [1.807, 2.05) is 0 Å². The number of likely N-dealkylation sites (tertiary alicyclic amines) is 1. The Hall–Kier alpha value is -2.07. The lowest BCUT2D eigenvalue weighted by molar-refractivity contribution is -0.136. The first-order valence-corrected chi connectivity index (χ1v) is 15.8. The van der Waals surface area contributed by atoms with Gasteiger partial charge in [-0.15, -0.1) is 0 Å². The molecule has 1 aromatic carbocycles. The molecule has 10 nitrogen and oxygen atoms in total. The van der Waals surface area contributed by atoms with Gasteiger partial charge in [0.05, 0.1) is 17.6 Å². The third-order valence-electron chi connectivity index (χ3n) is 7.99. The lowest BCUT2D eigenvalue weighted by atomic mass is 9.76. The molecule has 2 bridgehead atoms. The summed E-state index contributed by atoms with van der Waals surface area (Å²) in [7, 11) is -7.70. The molecule has 4 N–H and O–H groups in total. The molecule has 1 saturated heterocycles. The number of anilines is 2. The van der Waals surface area contributed by atoms with Crippen molar-refractivity contribution in [2.24, 2.45) is 27.9 Å². The number of amides is 1. The normalized spacial score (nSPS) is 31.0. The highest BCUT2D eigenvalue weighted by molar-refractivity contribution is 7.92. The first-order chi connectivity index (χ1) is 16.6. The zero-order chi connectivity index (χ0) is 26.3. The molecular weight excluding hydrogens is 503 g/mol. The Balaban J connectivity index is 1.50. The van der Waals surface area contributed by atoms with Crippen LogP contribution in [0.5, 0.6) is 0 Å². The molecule has 36 heavy (non-hydrogen) atoms. The van der Waals surface area contributed by atoms with Crippen molar-refractivity contribution >= 4 is 52.1 Å². The molecular formula is C24H34N4O6PS+. The van der Waals surface area contributed by atoms with Crippen LogP contribution in [0.3, 0.4) is 0 Å². The zero-order valence-corrected chi connectivity index (χ0v) is 22.7. The van der Waals surface area contributed by atoms with Crippen molar-refractivity contribution in [1.29, 1.82) is 0 Å². The molecule has 4 unspecified atom stereocenters. The Morgan fingerprint density at radius 3 is 2.56 bits per heavy atom. The van der Waals surface area contributed by atoms with Crippen molar-refractivity contribution in [3.8, 4) is 0 Å². The quantitative estimate of drug-likeness (QED) is 0.333. The van der Waals surface area contributed by atoms with Gasteiger partial charge in [-0.25, -0.2) is 8.42 Å². The fourth-order valence-corrected chi connectivity index (χ4v) is 8.33. The van der Waals surface area contributed by atoms with Crippen molar-refractivity contribution in [2.45, 2.75) is 58.4 Å². The maximum Gasteiger partial charge on any atom is 0.429 e. The average molecular weight is 538 g/mol. The molecule has 2 saturated carbocycles. The van der Waals surface area contributed by atoms with Crippen LogP contribution >= 0.6 is 7.87 Å². The van der Waals surface area contributed by atoms with Gasteiger partial charge >= 0.3 is 7.87 Å². The summed E-state index contributed by atoms with van der Waals surface area (Å²) in [5, 5.41) is 3.03. The van der Waals surface area contributed by atoms with E-state index in [4.69, 9.17) is 0 Å². The second kappa shape index (κ2) is 8.21. The van der Waals surface area contributed by atoms with Gasteiger partial charge < -0.3 is 10.2 Å². The molecule has 4 aliphatic rings. The topological polar surface area (TPSA) is 148 Å². The molecule has 1 spiro atoms. The Morgan fingerprint density at radius 2 is 1.97 bits per heavy atom. The summed E-state index contributed by atoms with van der Waals surface area (Å²) in [4.78, 5) is 51.6. The number of ketones is 1. The summed E-state index contributed by atoms with van der Waals surface area (Å²) in [5.41, 5.74) is -0.427. The molecule has 0 radical (unpaired) electrons. The number of benzene rings is 1. The minimum atomic E-state index is -4.13. The third-order valence-corrected chi connectivity index (χ3v) is 10.1. The lowest BCUT2D eigenvalue weighted by Crippen LogP contribution is -2.54. The molecule has 3 fully saturated rings. The van der Waals surface area contributed by atoms with Gasteiger partial charge in [-0.2, -0.15) is 9.79 Å². The third kappa shape index (κ3) is 4.23. The Bertz CT molecular complexity index is 1270. The summed E-state index contributed by atoms with van der Waals surface area (Å²) >= 11 is 0. The van der Waals surface area contributed by atoms with Crippen LogP contribution in [0.25, 0.3) is 0 Å². The van der Waals surface area contributed by atoms with Crippen LogP contribution in [-0.2, 0) is 19.6 Å². The molecule has 0 aromatic heterocycles. The Morgan fingerprint density at radius 1 is 1.25 bits per heavy atom. The Labute approximate surface area is 212 Å². The van der Waals surface area contributed by atoms with Gasteiger partial charge in [0.25, 0.3) is 0 Å². The number of rotatable bonds is 5. The van der Waals surface area contributed by atoms with Gasteiger partial charge in [-0.05, 0) is 66.3 Å². The van der Waals surface area contributed by atoms with E-state index in [0.717, 1.165) is 31.9 Å². The van der Waals surface area contributed by atoms with E-state index < -0.39 is 29.3 Å². The number of nitrogens with zero attached hydrogens (tertiary/aromatic N) is 2. The number of hydrogen-bond donors (Lipinski definition) is 4. The van der Waals surface area contributed by atoms with Crippen LogP contribution in [0.1, 0.15) is 52.9 Å². The van der Waals surface area contributed by atoms with E-state index in [1.54, 1.807) is 4.90 Å². The molecule has 196 valence electrons. The molecule has 2 aliphatic heterocycles. The van der Waals surface area contributed by atoms with Crippen molar-refractivity contribution in [1.82, 2.24) is 4.90 Å². The molecule has 2 aliphatic carbocycles. The first kappa shape index (κ1) is 25.6. The second-order valence-corrected chi connectivity index (χ2v) is 15.5. The highest BCUT2D eigenvalue weighted by Crippen LogP contribution is 2.59. The van der Waals surface area contributed by atoms with E-state index in [9.17, 15) is 27.8 Å². The number of fused-ring (bicyclic) bond motifs is 4. The van der Waals surface area contributed by atoms with E-state index in [2.05, 4.69) is 35.6 Å². The van der Waals surface area contributed by atoms with Crippen molar-refractivity contribution < 1.29 is 27.8 Å². The fourth-order valence-electron chi connectivity index (χ4n) is 6.44. The van der Waals surface area contributed by atoms with E-state index in [-0.39, 0.29) is 45.5 Å². The van der Waals surface area contributed by atoms with Gasteiger partial charge in [-0.1, -0.05) is 20.8 Å². The predicted octanol–water partition coefficient (Wildman–Crippen LogP) is 2.28. The number of amidine groups is 1. The second-order valence-electron chi connectivity index (χ2n) is 11.9. The highest BCUT2D eigenvalue weighted by atomic mass is 32.2. The van der Waals surface area contributed by atoms with Crippen LogP contribution in [0.4, 0.5) is 11.4 Å². The lowest BCUT2D eigenvalue weighted by Gasteiger charge is -2.41. The van der Waals surface area contributed by atoms with E-state index >= 15 is 0 Å². The molecule has 5 rings (SSSR count). The van der Waals surface area contributed by atoms with Gasteiger partial charge in [0.2, 0.25) is 21.2 Å². The van der Waals surface area contributed by atoms with Crippen molar-refractivity contribution in [3.05, 3.63) is 18.2 Å². The number of Topliss-reactive ketones (excluding diaryl/α,β-unsaturated/α-hetero) is 1.